The first-order chi connectivity index (χ1) is 4.25. The van der Waals surface area contributed by atoms with Crippen LogP contribution >= 0.6 is 11.8 Å². The third kappa shape index (κ3) is 2.25. The molecule has 1 heterocycles. The third-order valence-corrected chi connectivity index (χ3v) is 3.11. The molecule has 0 aromatic carbocycles. The Morgan fingerprint density at radius 1 is 1.60 bits per heavy atom. The van der Waals surface area contributed by atoms with E-state index in [1.807, 2.05) is 11.8 Å². The van der Waals surface area contributed by atoms with Crippen molar-refractivity contribution in [2.24, 2.45) is 0 Å². The number of hydrogen-bond donors (Lipinski definition) is 1. The molecule has 0 aliphatic carbocycles. The van der Waals surface area contributed by atoms with Crippen LogP contribution in [-0.4, -0.2) is 43.8 Å². The molecule has 4 heteroatoms. The molecule has 62 valence electrons. The highest BCUT2D eigenvalue weighted by atomic mass is 127. The van der Waals surface area contributed by atoms with Crippen molar-refractivity contribution in [1.82, 2.24) is 4.90 Å². The highest BCUT2D eigenvalue weighted by Crippen LogP contribution is 2.05. The molecule has 0 amide bonds. The first kappa shape index (κ1) is 11.0. The van der Waals surface area contributed by atoms with Crippen molar-refractivity contribution in [2.45, 2.75) is 5.50 Å². The van der Waals surface area contributed by atoms with Crippen LogP contribution in [0.2, 0.25) is 0 Å². The van der Waals surface area contributed by atoms with Crippen LogP contribution in [0.4, 0.5) is 0 Å². The van der Waals surface area contributed by atoms with E-state index in [2.05, 4.69) is 25.3 Å². The Kier molecular flexibility index (Phi) is 5.27. The lowest BCUT2D eigenvalue weighted by atomic mass is 10.6. The largest absolute Gasteiger partial charge is 1.00 e. The van der Waals surface area contributed by atoms with Crippen molar-refractivity contribution in [1.29, 1.82) is 0 Å². The van der Waals surface area contributed by atoms with Gasteiger partial charge in [-0.05, 0) is 13.3 Å². The fourth-order valence-electron chi connectivity index (χ4n) is 1.35. The Hall–Kier alpha value is 1.00. The summed E-state index contributed by atoms with van der Waals surface area (Å²) in [5.41, 5.74) is 0.699. The monoisotopic (exact) mass is 274 g/mol. The number of halogens is 1. The summed E-state index contributed by atoms with van der Waals surface area (Å²) in [6, 6.07) is 0. The standard InChI is InChI=1S/C6H14N2S.HI/c1-7-4-5-8(2)6(7)9-3;/h6H,4-5H2,1-3H3;1H. The molecule has 2 nitrogen and oxygen atoms in total. The molecule has 1 saturated heterocycles. The smallest absolute Gasteiger partial charge is 0.191 e. The van der Waals surface area contributed by atoms with Gasteiger partial charge in [0.15, 0.2) is 5.50 Å². The second-order valence-electron chi connectivity index (χ2n) is 2.67. The summed E-state index contributed by atoms with van der Waals surface area (Å²) in [5.74, 6) is 0. The zero-order chi connectivity index (χ0) is 6.85. The van der Waals surface area contributed by atoms with Gasteiger partial charge in [-0.15, -0.1) is 0 Å². The summed E-state index contributed by atoms with van der Waals surface area (Å²) < 4.78 is 0. The summed E-state index contributed by atoms with van der Waals surface area (Å²) in [6.45, 7) is 2.54. The lowest BCUT2D eigenvalue weighted by Gasteiger charge is -2.18. The average Bonchev–Trinajstić information content (AvgIpc) is 2.12. The van der Waals surface area contributed by atoms with Gasteiger partial charge < -0.3 is 28.9 Å². The lowest BCUT2D eigenvalue weighted by Crippen LogP contribution is -3.11. The molecule has 1 N–H and O–H groups in total. The van der Waals surface area contributed by atoms with E-state index in [9.17, 15) is 0 Å². The van der Waals surface area contributed by atoms with Crippen molar-refractivity contribution in [3.63, 3.8) is 0 Å². The minimum atomic E-state index is 0. The molecule has 1 aliphatic heterocycles. The zero-order valence-corrected chi connectivity index (χ0v) is 9.70. The zero-order valence-electron chi connectivity index (χ0n) is 6.72. The Labute approximate surface area is 84.3 Å². The van der Waals surface area contributed by atoms with Crippen LogP contribution in [0.5, 0.6) is 0 Å². The van der Waals surface area contributed by atoms with Crippen LogP contribution in [0.1, 0.15) is 0 Å². The van der Waals surface area contributed by atoms with Crippen LogP contribution < -0.4 is 28.9 Å². The Morgan fingerprint density at radius 3 is 2.40 bits per heavy atom. The van der Waals surface area contributed by atoms with Gasteiger partial charge in [-0.3, -0.25) is 0 Å². The lowest BCUT2D eigenvalue weighted by molar-refractivity contribution is -0.881. The van der Waals surface area contributed by atoms with Crippen molar-refractivity contribution < 1.29 is 28.9 Å². The van der Waals surface area contributed by atoms with Gasteiger partial charge in [0, 0.05) is 0 Å². The maximum Gasteiger partial charge on any atom is 0.191 e. The first-order valence-corrected chi connectivity index (χ1v) is 4.60. The fraction of sp³-hybridized carbons (Fsp3) is 1.00. The summed E-state index contributed by atoms with van der Waals surface area (Å²) in [7, 11) is 4.45. The van der Waals surface area contributed by atoms with Crippen molar-refractivity contribution in [3.05, 3.63) is 0 Å². The summed E-state index contributed by atoms with van der Waals surface area (Å²) in [4.78, 5) is 4.03. The van der Waals surface area contributed by atoms with Crippen LogP contribution in [-0.2, 0) is 0 Å². The van der Waals surface area contributed by atoms with E-state index in [-0.39, 0.29) is 24.0 Å². The van der Waals surface area contributed by atoms with Crippen LogP contribution in [0.15, 0.2) is 0 Å². The maximum absolute atomic E-state index is 2.40. The van der Waals surface area contributed by atoms with E-state index < -0.39 is 0 Å². The van der Waals surface area contributed by atoms with Crippen molar-refractivity contribution in [2.75, 3.05) is 33.4 Å². The molecule has 1 rings (SSSR count). The van der Waals surface area contributed by atoms with Crippen LogP contribution in [0.25, 0.3) is 0 Å². The highest BCUT2D eigenvalue weighted by molar-refractivity contribution is 7.98. The van der Waals surface area contributed by atoms with Crippen LogP contribution in [0.3, 0.4) is 0 Å². The van der Waals surface area contributed by atoms with E-state index in [1.54, 1.807) is 4.90 Å². The molecule has 0 saturated carbocycles. The average molecular weight is 274 g/mol. The topological polar surface area (TPSA) is 7.68 Å². The normalized spacial score (nSPS) is 33.9. The maximum atomic E-state index is 2.40. The van der Waals surface area contributed by atoms with Crippen LogP contribution in [0, 0.1) is 0 Å². The second-order valence-corrected chi connectivity index (χ2v) is 3.58. The van der Waals surface area contributed by atoms with E-state index in [4.69, 9.17) is 0 Å². The fourth-order valence-corrected chi connectivity index (χ4v) is 2.34. The molecular formula is C6H15IN2S. The van der Waals surface area contributed by atoms with Gasteiger partial charge in [-0.2, -0.15) is 0 Å². The molecule has 0 aromatic heterocycles. The number of nitrogens with zero attached hydrogens (tertiary/aromatic N) is 1. The molecule has 0 aromatic rings. The molecule has 10 heavy (non-hydrogen) atoms. The summed E-state index contributed by atoms with van der Waals surface area (Å²) in [6.07, 6.45) is 2.18. The van der Waals surface area contributed by atoms with Gasteiger partial charge in [0.2, 0.25) is 0 Å². The molecule has 0 radical (unpaired) electrons. The molecule has 2 unspecified atom stereocenters. The van der Waals surface area contributed by atoms with E-state index in [1.165, 1.54) is 13.1 Å². The summed E-state index contributed by atoms with van der Waals surface area (Å²) in [5, 5.41) is 0. The number of hydrogen-bond acceptors (Lipinski definition) is 2. The Morgan fingerprint density at radius 2 is 2.20 bits per heavy atom. The van der Waals surface area contributed by atoms with Gasteiger partial charge in [-0.1, -0.05) is 11.8 Å². The Bertz CT molecular complexity index is 91.7. The minimum Gasteiger partial charge on any atom is -1.00 e. The quantitative estimate of drug-likeness (QED) is 0.489. The predicted octanol–water partition coefficient (Wildman–Crippen LogP) is -3.90. The molecule has 1 fully saturated rings. The number of rotatable bonds is 1. The number of thioether (sulfide) groups is 1. The van der Waals surface area contributed by atoms with Gasteiger partial charge in [0.05, 0.1) is 20.1 Å². The predicted molar refractivity (Wildman–Crippen MR) is 41.7 cm³/mol. The molecule has 0 spiro atoms. The SMILES string of the molecule is CSC1N(C)CC[NH+]1C.[I-]. The number of nitrogens with one attached hydrogen (secondary N) is 1. The van der Waals surface area contributed by atoms with Gasteiger partial charge in [0.25, 0.3) is 0 Å². The van der Waals surface area contributed by atoms with Crippen molar-refractivity contribution in [3.8, 4) is 0 Å². The molecule has 2 atom stereocenters. The van der Waals surface area contributed by atoms with Gasteiger partial charge >= 0.3 is 0 Å². The molecule has 0 bridgehead atoms. The molecule has 1 aliphatic rings. The number of quaternary nitrogens is 1. The van der Waals surface area contributed by atoms with Crippen molar-refractivity contribution >= 4 is 11.8 Å². The molecular weight excluding hydrogens is 259 g/mol. The first-order valence-electron chi connectivity index (χ1n) is 3.31. The van der Waals surface area contributed by atoms with Gasteiger partial charge in [0.1, 0.15) is 0 Å². The Balaban J connectivity index is 0.000000810. The minimum absolute atomic E-state index is 0. The summed E-state index contributed by atoms with van der Waals surface area (Å²) >= 11 is 1.94. The van der Waals surface area contributed by atoms with E-state index >= 15 is 0 Å². The number of likely N-dealkylation sites (N-methyl/N-ethyl adjacent to an activating group) is 2. The third-order valence-electron chi connectivity index (χ3n) is 1.90. The van der Waals surface area contributed by atoms with Gasteiger partial charge in [-0.25, -0.2) is 4.90 Å². The highest BCUT2D eigenvalue weighted by Gasteiger charge is 2.28. The van der Waals surface area contributed by atoms with E-state index in [0.717, 1.165) is 0 Å². The van der Waals surface area contributed by atoms with E-state index in [0.29, 0.717) is 5.50 Å². The second kappa shape index (κ2) is 4.79.